The van der Waals surface area contributed by atoms with E-state index in [4.69, 9.17) is 4.74 Å². The number of nitrogens with zero attached hydrogens (tertiary/aromatic N) is 1. The number of aromatic hydroxyl groups is 2. The Bertz CT molecular complexity index is 1040. The zero-order chi connectivity index (χ0) is 24.5. The molecule has 3 N–H and O–H groups in total. The number of para-hydroxylation sites is 1. The summed E-state index contributed by atoms with van der Waals surface area (Å²) in [5.74, 6) is 1.11. The van der Waals surface area contributed by atoms with Crippen LogP contribution < -0.4 is 10.2 Å². The first-order chi connectivity index (χ1) is 16.2. The fourth-order valence-corrected chi connectivity index (χ4v) is 4.98. The molecule has 3 unspecified atom stereocenters. The van der Waals surface area contributed by atoms with Crippen molar-refractivity contribution in [2.45, 2.75) is 77.9 Å². The van der Waals surface area contributed by atoms with Crippen molar-refractivity contribution in [3.05, 3.63) is 42.0 Å². The van der Waals surface area contributed by atoms with Gasteiger partial charge in [0.25, 0.3) is 5.91 Å². The van der Waals surface area contributed by atoms with Crippen LogP contribution in [0.2, 0.25) is 0 Å². The molecular formula is C28H38N2O4. The minimum atomic E-state index is -0.182. The number of hydrogen-bond acceptors (Lipinski definition) is 5. The maximum absolute atomic E-state index is 13.5. The van der Waals surface area contributed by atoms with Crippen molar-refractivity contribution in [3.63, 3.8) is 0 Å². The Hall–Kier alpha value is -2.73. The number of benzene rings is 2. The van der Waals surface area contributed by atoms with Crippen molar-refractivity contribution in [3.8, 4) is 11.5 Å². The van der Waals surface area contributed by atoms with Gasteiger partial charge >= 0.3 is 0 Å². The summed E-state index contributed by atoms with van der Waals surface area (Å²) in [6, 6.07) is 9.88. The minimum Gasteiger partial charge on any atom is -0.508 e. The van der Waals surface area contributed by atoms with Gasteiger partial charge in [0.2, 0.25) is 0 Å². The second kappa shape index (κ2) is 9.87. The predicted molar refractivity (Wildman–Crippen MR) is 136 cm³/mol. The molecule has 0 aromatic heterocycles. The Morgan fingerprint density at radius 1 is 1.12 bits per heavy atom. The smallest absolute Gasteiger partial charge is 0.260 e. The molecule has 3 atom stereocenters. The fourth-order valence-electron chi connectivity index (χ4n) is 4.98. The first-order valence-electron chi connectivity index (χ1n) is 12.6. The van der Waals surface area contributed by atoms with Crippen LogP contribution in [0.5, 0.6) is 11.5 Å². The quantitative estimate of drug-likeness (QED) is 0.209. The molecule has 4 rings (SSSR count). The molecule has 1 fully saturated rings. The summed E-state index contributed by atoms with van der Waals surface area (Å²) in [4.78, 5) is 15.2. The maximum atomic E-state index is 13.5. The van der Waals surface area contributed by atoms with Gasteiger partial charge < -0.3 is 25.2 Å². The molecule has 0 spiro atoms. The van der Waals surface area contributed by atoms with E-state index in [9.17, 15) is 15.0 Å². The number of fused-ring (bicyclic) bond motifs is 2. The minimum absolute atomic E-state index is 0.0287. The lowest BCUT2D eigenvalue weighted by Gasteiger charge is -2.24. The molecule has 1 saturated heterocycles. The van der Waals surface area contributed by atoms with Crippen molar-refractivity contribution >= 4 is 23.0 Å². The van der Waals surface area contributed by atoms with E-state index in [2.05, 4.69) is 33.0 Å². The lowest BCUT2D eigenvalue weighted by molar-refractivity contribution is 0.0986. The molecule has 184 valence electrons. The molecule has 0 saturated carbocycles. The van der Waals surface area contributed by atoms with Crippen LogP contribution in [0.1, 0.15) is 76.6 Å². The van der Waals surface area contributed by atoms with Gasteiger partial charge in [-0.15, -0.1) is 0 Å². The molecule has 2 aliphatic rings. The molecule has 6 heteroatoms. The SMILES string of the molecule is CC(C)CCCC1(C)OC1CCC(C)CCN1C(=O)c2cccc(O)c2Nc2ccc(O)cc21. The summed E-state index contributed by atoms with van der Waals surface area (Å²) in [5.41, 5.74) is 2.17. The topological polar surface area (TPSA) is 85.3 Å². The van der Waals surface area contributed by atoms with E-state index in [1.807, 2.05) is 0 Å². The zero-order valence-electron chi connectivity index (χ0n) is 20.8. The van der Waals surface area contributed by atoms with Gasteiger partial charge in [-0.25, -0.2) is 0 Å². The van der Waals surface area contributed by atoms with Crippen LogP contribution >= 0.6 is 0 Å². The van der Waals surface area contributed by atoms with Gasteiger partial charge in [-0.1, -0.05) is 39.7 Å². The Morgan fingerprint density at radius 3 is 2.68 bits per heavy atom. The number of phenols is 2. The van der Waals surface area contributed by atoms with Crippen molar-refractivity contribution in [1.82, 2.24) is 0 Å². The summed E-state index contributed by atoms with van der Waals surface area (Å²) < 4.78 is 6.05. The molecule has 2 aliphatic heterocycles. The average molecular weight is 467 g/mol. The lowest BCUT2D eigenvalue weighted by Crippen LogP contribution is -2.32. The molecule has 2 aromatic rings. The van der Waals surface area contributed by atoms with Crippen molar-refractivity contribution in [1.29, 1.82) is 0 Å². The van der Waals surface area contributed by atoms with Crippen molar-refractivity contribution in [2.24, 2.45) is 11.8 Å². The van der Waals surface area contributed by atoms with Gasteiger partial charge in [0, 0.05) is 12.6 Å². The number of carbonyl (C=O) groups is 1. The van der Waals surface area contributed by atoms with E-state index in [1.165, 1.54) is 12.8 Å². The fraction of sp³-hybridized carbons (Fsp3) is 0.536. The van der Waals surface area contributed by atoms with Crippen LogP contribution in [0.25, 0.3) is 0 Å². The largest absolute Gasteiger partial charge is 0.508 e. The molecule has 0 bridgehead atoms. The van der Waals surface area contributed by atoms with Gasteiger partial charge in [-0.05, 0) is 68.7 Å². The normalized spacial score (nSPS) is 22.1. The Labute approximate surface area is 202 Å². The number of phenolic OH excluding ortho intramolecular Hbond substituents is 2. The highest BCUT2D eigenvalue weighted by molar-refractivity contribution is 6.14. The summed E-state index contributed by atoms with van der Waals surface area (Å²) >= 11 is 0. The molecule has 34 heavy (non-hydrogen) atoms. The lowest BCUT2D eigenvalue weighted by atomic mass is 9.92. The summed E-state index contributed by atoms with van der Waals surface area (Å²) in [5, 5.41) is 23.6. The number of nitrogens with one attached hydrogen (secondary N) is 1. The van der Waals surface area contributed by atoms with Gasteiger partial charge in [-0.3, -0.25) is 4.79 Å². The van der Waals surface area contributed by atoms with Gasteiger partial charge in [0.05, 0.1) is 34.3 Å². The average Bonchev–Trinajstić information content (AvgIpc) is 3.46. The number of carbonyl (C=O) groups excluding carboxylic acids is 1. The maximum Gasteiger partial charge on any atom is 0.260 e. The predicted octanol–water partition coefficient (Wildman–Crippen LogP) is 6.59. The highest BCUT2D eigenvalue weighted by atomic mass is 16.6. The monoisotopic (exact) mass is 466 g/mol. The van der Waals surface area contributed by atoms with Crippen LogP contribution in [0, 0.1) is 11.8 Å². The first kappa shape index (κ1) is 24.4. The van der Waals surface area contributed by atoms with Gasteiger partial charge in [-0.2, -0.15) is 0 Å². The van der Waals surface area contributed by atoms with E-state index in [-0.39, 0.29) is 23.0 Å². The second-order valence-corrected chi connectivity index (χ2v) is 10.7. The van der Waals surface area contributed by atoms with E-state index in [0.717, 1.165) is 31.6 Å². The summed E-state index contributed by atoms with van der Waals surface area (Å²) in [7, 11) is 0. The number of anilines is 3. The highest BCUT2D eigenvalue weighted by Crippen LogP contribution is 2.44. The van der Waals surface area contributed by atoms with Crippen molar-refractivity contribution < 1.29 is 19.7 Å². The molecule has 6 nitrogen and oxygen atoms in total. The van der Waals surface area contributed by atoms with Crippen LogP contribution in [-0.4, -0.2) is 34.4 Å². The number of hydrogen-bond donors (Lipinski definition) is 3. The molecule has 1 amide bonds. The summed E-state index contributed by atoms with van der Waals surface area (Å²) in [6.07, 6.45) is 6.88. The van der Waals surface area contributed by atoms with Crippen molar-refractivity contribution in [2.75, 3.05) is 16.8 Å². The Balaban J connectivity index is 1.38. The molecular weight excluding hydrogens is 428 g/mol. The third kappa shape index (κ3) is 5.33. The van der Waals surface area contributed by atoms with E-state index < -0.39 is 0 Å². The van der Waals surface area contributed by atoms with E-state index in [1.54, 1.807) is 41.3 Å². The van der Waals surface area contributed by atoms with Gasteiger partial charge in [0.15, 0.2) is 0 Å². The third-order valence-corrected chi connectivity index (χ3v) is 7.31. The van der Waals surface area contributed by atoms with Gasteiger partial charge in [0.1, 0.15) is 11.5 Å². The highest BCUT2D eigenvalue weighted by Gasteiger charge is 2.50. The number of rotatable bonds is 10. The number of epoxide rings is 1. The molecule has 0 radical (unpaired) electrons. The number of ether oxygens (including phenoxy) is 1. The summed E-state index contributed by atoms with van der Waals surface area (Å²) in [6.45, 7) is 9.53. The zero-order valence-corrected chi connectivity index (χ0v) is 20.8. The van der Waals surface area contributed by atoms with E-state index in [0.29, 0.717) is 41.2 Å². The Morgan fingerprint density at radius 2 is 1.91 bits per heavy atom. The third-order valence-electron chi connectivity index (χ3n) is 7.31. The first-order valence-corrected chi connectivity index (χ1v) is 12.6. The number of amides is 1. The van der Waals surface area contributed by atoms with Crippen LogP contribution in [0.3, 0.4) is 0 Å². The van der Waals surface area contributed by atoms with Crippen LogP contribution in [0.15, 0.2) is 36.4 Å². The van der Waals surface area contributed by atoms with Crippen LogP contribution in [0.4, 0.5) is 17.1 Å². The molecule has 2 heterocycles. The molecule has 0 aliphatic carbocycles. The molecule has 2 aromatic carbocycles. The van der Waals surface area contributed by atoms with E-state index >= 15 is 0 Å². The second-order valence-electron chi connectivity index (χ2n) is 10.7. The Kier molecular flexibility index (Phi) is 7.08. The van der Waals surface area contributed by atoms with Crippen LogP contribution in [-0.2, 0) is 4.74 Å². The standard InChI is InChI=1S/C28H38N2O4/c1-18(2)7-6-15-28(4)25(34-28)13-10-19(3)14-16-30-23-17-20(31)11-12-22(23)29-26-21(27(30)33)8-5-9-24(26)32/h5,8-9,11-12,17-19,25,29,31-32H,6-7,10,13-16H2,1-4H3.